The van der Waals surface area contributed by atoms with Crippen LogP contribution in [0, 0.1) is 6.92 Å². The number of carbonyl (C=O) groups excluding carboxylic acids is 2. The molecule has 1 aromatic rings. The number of hydrogen-bond acceptors (Lipinski definition) is 4. The van der Waals surface area contributed by atoms with Crippen molar-refractivity contribution in [3.8, 4) is 0 Å². The third-order valence-corrected chi connectivity index (χ3v) is 3.98. The van der Waals surface area contributed by atoms with Crippen molar-refractivity contribution in [3.63, 3.8) is 0 Å². The number of carboxylic acid groups (broad SMARTS) is 1. The molecule has 0 aromatic heterocycles. The van der Waals surface area contributed by atoms with E-state index in [2.05, 4.69) is 10.6 Å². The Balaban J connectivity index is 2.49. The van der Waals surface area contributed by atoms with Crippen LogP contribution in [0.5, 0.6) is 0 Å². The molecular weight excluding hydrogens is 316 g/mol. The van der Waals surface area contributed by atoms with Crippen LogP contribution in [0.4, 0.5) is 0 Å². The number of aliphatic carboxylic acids is 1. The molecule has 0 saturated heterocycles. The van der Waals surface area contributed by atoms with Crippen molar-refractivity contribution < 1.29 is 19.5 Å². The highest BCUT2D eigenvalue weighted by molar-refractivity contribution is 7.99. The molecule has 0 aliphatic rings. The first-order valence-corrected chi connectivity index (χ1v) is 8.44. The van der Waals surface area contributed by atoms with Crippen molar-refractivity contribution in [3.05, 3.63) is 35.4 Å². The minimum Gasteiger partial charge on any atom is -0.481 e. The van der Waals surface area contributed by atoms with E-state index in [1.165, 1.54) is 18.7 Å². The molecule has 0 fully saturated rings. The molecule has 0 spiro atoms. The lowest BCUT2D eigenvalue weighted by Crippen LogP contribution is -2.33. The summed E-state index contributed by atoms with van der Waals surface area (Å²) in [6, 6.07) is 7.28. The number of hydrogen-bond donors (Lipinski definition) is 3. The molecule has 1 atom stereocenters. The second-order valence-corrected chi connectivity index (χ2v) is 6.27. The van der Waals surface area contributed by atoms with Crippen LogP contribution in [0.25, 0.3) is 0 Å². The number of benzene rings is 1. The Morgan fingerprint density at radius 2 is 1.87 bits per heavy atom. The van der Waals surface area contributed by atoms with E-state index in [9.17, 15) is 14.4 Å². The van der Waals surface area contributed by atoms with Gasteiger partial charge in [0.2, 0.25) is 11.8 Å². The van der Waals surface area contributed by atoms with Gasteiger partial charge >= 0.3 is 5.97 Å². The third kappa shape index (κ3) is 8.25. The van der Waals surface area contributed by atoms with Gasteiger partial charge in [0, 0.05) is 19.2 Å². The van der Waals surface area contributed by atoms with Crippen LogP contribution in [0.3, 0.4) is 0 Å². The first-order valence-electron chi connectivity index (χ1n) is 7.28. The second-order valence-electron chi connectivity index (χ2n) is 5.16. The summed E-state index contributed by atoms with van der Waals surface area (Å²) in [5.74, 6) is -0.687. The maximum atomic E-state index is 12.0. The molecule has 0 aliphatic heterocycles. The van der Waals surface area contributed by atoms with E-state index in [0.717, 1.165) is 11.1 Å². The molecule has 3 N–H and O–H groups in total. The topological polar surface area (TPSA) is 95.5 Å². The van der Waals surface area contributed by atoms with Crippen molar-refractivity contribution in [1.29, 1.82) is 0 Å². The molecule has 1 rings (SSSR count). The monoisotopic (exact) mass is 338 g/mol. The van der Waals surface area contributed by atoms with Crippen molar-refractivity contribution in [2.45, 2.75) is 26.3 Å². The van der Waals surface area contributed by atoms with Crippen molar-refractivity contribution in [2.75, 3.05) is 18.1 Å². The number of nitrogens with one attached hydrogen (secondary N) is 2. The predicted molar refractivity (Wildman–Crippen MR) is 90.3 cm³/mol. The highest BCUT2D eigenvalue weighted by Crippen LogP contribution is 2.17. The van der Waals surface area contributed by atoms with E-state index < -0.39 is 5.97 Å². The average molecular weight is 338 g/mol. The van der Waals surface area contributed by atoms with Crippen LogP contribution in [0.2, 0.25) is 0 Å². The van der Waals surface area contributed by atoms with Crippen molar-refractivity contribution >= 4 is 29.5 Å². The van der Waals surface area contributed by atoms with Crippen LogP contribution in [-0.2, 0) is 14.4 Å². The molecule has 23 heavy (non-hydrogen) atoms. The van der Waals surface area contributed by atoms with Gasteiger partial charge in [0.25, 0.3) is 0 Å². The summed E-state index contributed by atoms with van der Waals surface area (Å²) in [7, 11) is 0. The van der Waals surface area contributed by atoms with E-state index in [4.69, 9.17) is 5.11 Å². The van der Waals surface area contributed by atoms with Gasteiger partial charge in [0.05, 0.1) is 18.2 Å². The fourth-order valence-corrected chi connectivity index (χ4v) is 2.54. The van der Waals surface area contributed by atoms with E-state index in [-0.39, 0.29) is 30.0 Å². The summed E-state index contributed by atoms with van der Waals surface area (Å²) in [4.78, 5) is 33.7. The zero-order chi connectivity index (χ0) is 17.2. The molecule has 126 valence electrons. The Kier molecular flexibility index (Phi) is 8.18. The molecule has 6 nitrogen and oxygen atoms in total. The molecule has 1 unspecified atom stereocenters. The minimum absolute atomic E-state index is 0.0216. The number of carboxylic acids is 1. The number of rotatable bonds is 9. The molecule has 0 saturated carbocycles. The number of amides is 2. The summed E-state index contributed by atoms with van der Waals surface area (Å²) in [6.07, 6.45) is 0.145. The maximum absolute atomic E-state index is 12.0. The Bertz CT molecular complexity index is 546. The molecule has 0 bridgehead atoms. The summed E-state index contributed by atoms with van der Waals surface area (Å²) in [5, 5.41) is 14.0. The molecule has 0 heterocycles. The third-order valence-electron chi connectivity index (χ3n) is 3.04. The van der Waals surface area contributed by atoms with E-state index in [1.807, 2.05) is 31.2 Å². The highest BCUT2D eigenvalue weighted by atomic mass is 32.2. The van der Waals surface area contributed by atoms with Gasteiger partial charge in [0.15, 0.2) is 0 Å². The van der Waals surface area contributed by atoms with Crippen LogP contribution < -0.4 is 10.6 Å². The summed E-state index contributed by atoms with van der Waals surface area (Å²) in [5.41, 5.74) is 1.98. The fourth-order valence-electron chi connectivity index (χ4n) is 1.98. The van der Waals surface area contributed by atoms with Gasteiger partial charge in [-0.05, 0) is 12.5 Å². The van der Waals surface area contributed by atoms with Gasteiger partial charge in [-0.2, -0.15) is 0 Å². The van der Waals surface area contributed by atoms with Gasteiger partial charge in [-0.25, -0.2) is 0 Å². The minimum atomic E-state index is -0.869. The van der Waals surface area contributed by atoms with Crippen LogP contribution >= 0.6 is 11.8 Å². The fraction of sp³-hybridized carbons (Fsp3) is 0.438. The van der Waals surface area contributed by atoms with Gasteiger partial charge in [-0.3, -0.25) is 14.4 Å². The largest absolute Gasteiger partial charge is 0.481 e. The zero-order valence-corrected chi connectivity index (χ0v) is 14.1. The lowest BCUT2D eigenvalue weighted by Gasteiger charge is -2.18. The predicted octanol–water partition coefficient (Wildman–Crippen LogP) is 1.50. The van der Waals surface area contributed by atoms with Gasteiger partial charge in [0.1, 0.15) is 0 Å². The first-order chi connectivity index (χ1) is 10.9. The Morgan fingerprint density at radius 1 is 1.22 bits per heavy atom. The van der Waals surface area contributed by atoms with Crippen LogP contribution in [0.15, 0.2) is 24.3 Å². The highest BCUT2D eigenvalue weighted by Gasteiger charge is 2.16. The lowest BCUT2D eigenvalue weighted by molar-refractivity contribution is -0.134. The number of thioether (sulfide) groups is 1. The van der Waals surface area contributed by atoms with Gasteiger partial charge in [-0.15, -0.1) is 11.8 Å². The standard InChI is InChI=1S/C16H22N2O4S/c1-11-3-5-13(6-4-11)14(18-12(2)19)9-15(20)17-7-8-23-10-16(21)22/h3-6,14H,7-10H2,1-2H3,(H,17,20)(H,18,19)(H,21,22). The van der Waals surface area contributed by atoms with E-state index in [0.29, 0.717) is 12.3 Å². The first kappa shape index (κ1) is 19.0. The number of aryl methyl sites for hydroxylation is 1. The SMILES string of the molecule is CC(=O)NC(CC(=O)NCCSCC(=O)O)c1ccc(C)cc1. The van der Waals surface area contributed by atoms with Crippen molar-refractivity contribution in [1.82, 2.24) is 10.6 Å². The summed E-state index contributed by atoms with van der Waals surface area (Å²) < 4.78 is 0. The Morgan fingerprint density at radius 3 is 2.43 bits per heavy atom. The quantitative estimate of drug-likeness (QED) is 0.593. The summed E-state index contributed by atoms with van der Waals surface area (Å²) >= 11 is 1.25. The van der Waals surface area contributed by atoms with Gasteiger partial charge < -0.3 is 15.7 Å². The van der Waals surface area contributed by atoms with Crippen molar-refractivity contribution in [2.24, 2.45) is 0 Å². The molecular formula is C16H22N2O4S. The molecule has 0 aliphatic carbocycles. The summed E-state index contributed by atoms with van der Waals surface area (Å²) in [6.45, 7) is 3.79. The molecule has 7 heteroatoms. The normalized spacial score (nSPS) is 11.6. The van der Waals surface area contributed by atoms with Gasteiger partial charge in [-0.1, -0.05) is 29.8 Å². The number of carbonyl (C=O) groups is 3. The lowest BCUT2D eigenvalue weighted by atomic mass is 10.0. The Labute approximate surface area is 140 Å². The molecule has 0 radical (unpaired) electrons. The zero-order valence-electron chi connectivity index (χ0n) is 13.3. The maximum Gasteiger partial charge on any atom is 0.313 e. The van der Waals surface area contributed by atoms with Crippen LogP contribution in [0.1, 0.15) is 30.5 Å². The Hall–Kier alpha value is -2.02. The van der Waals surface area contributed by atoms with E-state index >= 15 is 0 Å². The molecule has 2 amide bonds. The smallest absolute Gasteiger partial charge is 0.313 e. The van der Waals surface area contributed by atoms with Crippen LogP contribution in [-0.4, -0.2) is 40.9 Å². The molecule has 1 aromatic carbocycles. The van der Waals surface area contributed by atoms with E-state index in [1.54, 1.807) is 0 Å². The average Bonchev–Trinajstić information content (AvgIpc) is 2.46. The second kappa shape index (κ2) is 9.89.